The topological polar surface area (TPSA) is 81.4 Å². The zero-order chi connectivity index (χ0) is 16.8. The molecule has 6 heteroatoms. The SMILES string of the molecule is C=Cc1c(C(=O)C2C(=O)CCCC2=O)ccn2c(C3CC3)nnc12. The number of carbonyl (C=O) groups excluding carboxylic acids is 3. The van der Waals surface area contributed by atoms with E-state index >= 15 is 0 Å². The van der Waals surface area contributed by atoms with E-state index in [1.165, 1.54) is 0 Å². The summed E-state index contributed by atoms with van der Waals surface area (Å²) >= 11 is 0. The molecule has 0 bridgehead atoms. The fraction of sp³-hybridized carbons (Fsp3) is 0.389. The summed E-state index contributed by atoms with van der Waals surface area (Å²) in [5.74, 6) is -0.890. The first kappa shape index (κ1) is 14.9. The zero-order valence-electron chi connectivity index (χ0n) is 13.2. The van der Waals surface area contributed by atoms with Gasteiger partial charge in [0.2, 0.25) is 0 Å². The standard InChI is InChI=1S/C18H17N3O3/c1-2-11-12(16(24)15-13(22)4-3-5-14(15)23)8-9-21-17(10-6-7-10)19-20-18(11)21/h2,8-10,15H,1,3-7H2. The maximum atomic E-state index is 12.9. The molecule has 6 nitrogen and oxygen atoms in total. The number of fused-ring (bicyclic) bond motifs is 1. The predicted molar refractivity (Wildman–Crippen MR) is 86.7 cm³/mol. The summed E-state index contributed by atoms with van der Waals surface area (Å²) in [6.07, 6.45) is 6.58. The Balaban J connectivity index is 1.81. The molecule has 2 aliphatic carbocycles. The van der Waals surface area contributed by atoms with Crippen LogP contribution >= 0.6 is 0 Å². The fourth-order valence-electron chi connectivity index (χ4n) is 3.38. The first-order valence-electron chi connectivity index (χ1n) is 8.21. The Morgan fingerprint density at radius 1 is 1.21 bits per heavy atom. The largest absolute Gasteiger partial charge is 0.298 e. The smallest absolute Gasteiger partial charge is 0.181 e. The molecule has 2 saturated carbocycles. The molecule has 0 aliphatic heterocycles. The summed E-state index contributed by atoms with van der Waals surface area (Å²) in [7, 11) is 0. The van der Waals surface area contributed by atoms with Crippen LogP contribution in [0.1, 0.15) is 59.8 Å². The summed E-state index contributed by atoms with van der Waals surface area (Å²) in [5, 5.41) is 8.43. The quantitative estimate of drug-likeness (QED) is 0.637. The van der Waals surface area contributed by atoms with E-state index < -0.39 is 11.7 Å². The average molecular weight is 323 g/mol. The van der Waals surface area contributed by atoms with Gasteiger partial charge < -0.3 is 0 Å². The lowest BCUT2D eigenvalue weighted by Crippen LogP contribution is -2.35. The Bertz CT molecular complexity index is 876. The van der Waals surface area contributed by atoms with Crippen molar-refractivity contribution < 1.29 is 14.4 Å². The summed E-state index contributed by atoms with van der Waals surface area (Å²) in [6.45, 7) is 3.77. The molecular weight excluding hydrogens is 306 g/mol. The molecule has 0 N–H and O–H groups in total. The monoisotopic (exact) mass is 323 g/mol. The van der Waals surface area contributed by atoms with Gasteiger partial charge in [0.05, 0.1) is 0 Å². The van der Waals surface area contributed by atoms with E-state index in [1.54, 1.807) is 18.3 Å². The third-order valence-electron chi connectivity index (χ3n) is 4.81. The number of hydrogen-bond acceptors (Lipinski definition) is 5. The van der Waals surface area contributed by atoms with Gasteiger partial charge in [-0.05, 0) is 25.3 Å². The number of aromatic nitrogens is 3. The van der Waals surface area contributed by atoms with Gasteiger partial charge in [-0.2, -0.15) is 0 Å². The second kappa shape index (κ2) is 5.47. The summed E-state index contributed by atoms with van der Waals surface area (Å²) in [5.41, 5.74) is 1.40. The molecule has 0 unspecified atom stereocenters. The van der Waals surface area contributed by atoms with E-state index in [0.717, 1.165) is 18.7 Å². The van der Waals surface area contributed by atoms with Gasteiger partial charge in [0.15, 0.2) is 23.0 Å². The summed E-state index contributed by atoms with van der Waals surface area (Å²) in [4.78, 5) is 37.0. The number of hydrogen-bond donors (Lipinski definition) is 0. The van der Waals surface area contributed by atoms with Gasteiger partial charge in [-0.3, -0.25) is 18.8 Å². The van der Waals surface area contributed by atoms with Crippen LogP contribution in [0.5, 0.6) is 0 Å². The van der Waals surface area contributed by atoms with Crippen LogP contribution in [0.2, 0.25) is 0 Å². The predicted octanol–water partition coefficient (Wildman–Crippen LogP) is 2.37. The Morgan fingerprint density at radius 2 is 1.92 bits per heavy atom. The maximum Gasteiger partial charge on any atom is 0.181 e. The third kappa shape index (κ3) is 2.21. The highest BCUT2D eigenvalue weighted by atomic mass is 16.2. The van der Waals surface area contributed by atoms with E-state index in [2.05, 4.69) is 16.8 Å². The molecular formula is C18H17N3O3. The van der Waals surface area contributed by atoms with Crippen LogP contribution in [0.4, 0.5) is 0 Å². The number of rotatable bonds is 4. The van der Waals surface area contributed by atoms with Crippen LogP contribution in [-0.4, -0.2) is 31.9 Å². The minimum absolute atomic E-state index is 0.282. The van der Waals surface area contributed by atoms with Gasteiger partial charge in [0.25, 0.3) is 0 Å². The number of nitrogens with zero attached hydrogens (tertiary/aromatic N) is 3. The van der Waals surface area contributed by atoms with Gasteiger partial charge in [0, 0.05) is 36.1 Å². The van der Waals surface area contributed by atoms with E-state index in [4.69, 9.17) is 0 Å². The maximum absolute atomic E-state index is 12.9. The molecule has 2 heterocycles. The van der Waals surface area contributed by atoms with Crippen molar-refractivity contribution in [3.63, 3.8) is 0 Å². The van der Waals surface area contributed by atoms with Crippen molar-refractivity contribution in [1.29, 1.82) is 0 Å². The van der Waals surface area contributed by atoms with Crippen LogP contribution in [0.15, 0.2) is 18.8 Å². The minimum Gasteiger partial charge on any atom is -0.298 e. The Hall–Kier alpha value is -2.63. The lowest BCUT2D eigenvalue weighted by molar-refractivity contribution is -0.133. The molecule has 0 aromatic carbocycles. The lowest BCUT2D eigenvalue weighted by Gasteiger charge is -2.19. The fourth-order valence-corrected chi connectivity index (χ4v) is 3.38. The number of ketones is 3. The van der Waals surface area contributed by atoms with E-state index in [1.807, 2.05) is 4.40 Å². The molecule has 122 valence electrons. The van der Waals surface area contributed by atoms with Gasteiger partial charge in [-0.15, -0.1) is 10.2 Å². The normalized spacial score (nSPS) is 19.0. The first-order chi connectivity index (χ1) is 11.6. The van der Waals surface area contributed by atoms with Crippen LogP contribution in [-0.2, 0) is 9.59 Å². The molecule has 0 atom stereocenters. The van der Waals surface area contributed by atoms with Crippen LogP contribution in [0.3, 0.4) is 0 Å². The minimum atomic E-state index is -1.18. The van der Waals surface area contributed by atoms with Gasteiger partial charge >= 0.3 is 0 Å². The summed E-state index contributed by atoms with van der Waals surface area (Å²) < 4.78 is 1.87. The molecule has 2 aromatic heterocycles. The van der Waals surface area contributed by atoms with Crippen molar-refractivity contribution in [2.24, 2.45) is 5.92 Å². The Morgan fingerprint density at radius 3 is 2.54 bits per heavy atom. The molecule has 0 saturated heterocycles. The highest BCUT2D eigenvalue weighted by molar-refractivity contribution is 6.26. The van der Waals surface area contributed by atoms with Crippen LogP contribution < -0.4 is 0 Å². The van der Waals surface area contributed by atoms with Gasteiger partial charge in [0.1, 0.15) is 11.7 Å². The second-order valence-electron chi connectivity index (χ2n) is 6.46. The summed E-state index contributed by atoms with van der Waals surface area (Å²) in [6, 6.07) is 1.65. The molecule has 0 radical (unpaired) electrons. The van der Waals surface area contributed by atoms with Crippen LogP contribution in [0.25, 0.3) is 11.7 Å². The molecule has 24 heavy (non-hydrogen) atoms. The van der Waals surface area contributed by atoms with Crippen molar-refractivity contribution in [3.8, 4) is 0 Å². The highest BCUT2D eigenvalue weighted by Gasteiger charge is 2.37. The molecule has 0 amide bonds. The third-order valence-corrected chi connectivity index (χ3v) is 4.81. The zero-order valence-corrected chi connectivity index (χ0v) is 13.2. The lowest BCUT2D eigenvalue weighted by atomic mass is 9.81. The molecule has 2 aromatic rings. The van der Waals surface area contributed by atoms with E-state index in [9.17, 15) is 14.4 Å². The number of carbonyl (C=O) groups is 3. The van der Waals surface area contributed by atoms with E-state index in [-0.39, 0.29) is 24.4 Å². The molecule has 2 fully saturated rings. The van der Waals surface area contributed by atoms with E-state index in [0.29, 0.717) is 29.1 Å². The van der Waals surface area contributed by atoms with Crippen molar-refractivity contribution in [3.05, 3.63) is 35.8 Å². The number of pyridine rings is 1. The molecule has 4 rings (SSSR count). The van der Waals surface area contributed by atoms with Crippen molar-refractivity contribution in [2.45, 2.75) is 38.0 Å². The molecule has 0 spiro atoms. The molecule has 2 aliphatic rings. The van der Waals surface area contributed by atoms with Crippen LogP contribution in [0, 0.1) is 5.92 Å². The van der Waals surface area contributed by atoms with Gasteiger partial charge in [-0.1, -0.05) is 12.7 Å². The van der Waals surface area contributed by atoms with Crippen molar-refractivity contribution >= 4 is 29.1 Å². The van der Waals surface area contributed by atoms with Crippen molar-refractivity contribution in [1.82, 2.24) is 14.6 Å². The second-order valence-corrected chi connectivity index (χ2v) is 6.46. The highest BCUT2D eigenvalue weighted by Crippen LogP contribution is 2.39. The first-order valence-corrected chi connectivity index (χ1v) is 8.21. The van der Waals surface area contributed by atoms with Gasteiger partial charge in [-0.25, -0.2) is 0 Å². The van der Waals surface area contributed by atoms with Crippen molar-refractivity contribution in [2.75, 3.05) is 0 Å². The Kier molecular flexibility index (Phi) is 3.40. The Labute approximate surface area is 138 Å². The average Bonchev–Trinajstić information content (AvgIpc) is 3.32. The number of Topliss-reactive ketones (excluding diaryl/α,β-unsaturated/α-hetero) is 3.